The molecular weight excluding hydrogens is 292 g/mol. The SMILES string of the molecule is CC(C)[C@H](NC(=O)[C@@H]1Cc2ccccc2CN1)C(=O)O.Cl. The van der Waals surface area contributed by atoms with Gasteiger partial charge in [-0.3, -0.25) is 4.79 Å². The number of rotatable bonds is 4. The number of fused-ring (bicyclic) bond motifs is 1. The first-order valence-electron chi connectivity index (χ1n) is 6.82. The fourth-order valence-electron chi connectivity index (χ4n) is 2.41. The minimum absolute atomic E-state index is 0. The molecule has 0 radical (unpaired) electrons. The standard InChI is InChI=1S/C15H20N2O3.ClH/c1-9(2)13(15(19)20)17-14(18)12-7-10-5-3-4-6-11(10)8-16-12;/h3-6,9,12-13,16H,7-8H2,1-2H3,(H,17,18)(H,19,20);1H/t12-,13-;/m0./s1. The molecule has 2 rings (SSSR count). The first kappa shape index (κ1) is 17.5. The number of aliphatic carboxylic acids is 1. The van der Waals surface area contributed by atoms with Gasteiger partial charge in [-0.2, -0.15) is 0 Å². The van der Waals surface area contributed by atoms with Crippen molar-refractivity contribution in [2.75, 3.05) is 0 Å². The molecular formula is C15H21ClN2O3. The highest BCUT2D eigenvalue weighted by Gasteiger charge is 2.29. The molecule has 1 aromatic rings. The number of carboxylic acid groups (broad SMARTS) is 1. The molecule has 3 N–H and O–H groups in total. The second-order valence-electron chi connectivity index (χ2n) is 5.47. The zero-order valence-corrected chi connectivity index (χ0v) is 12.9. The van der Waals surface area contributed by atoms with Gasteiger partial charge in [0.2, 0.25) is 5.91 Å². The topological polar surface area (TPSA) is 78.4 Å². The molecule has 0 unspecified atom stereocenters. The van der Waals surface area contributed by atoms with Gasteiger partial charge in [-0.05, 0) is 23.5 Å². The molecule has 1 heterocycles. The molecule has 0 saturated heterocycles. The molecule has 0 aromatic heterocycles. The monoisotopic (exact) mass is 312 g/mol. The summed E-state index contributed by atoms with van der Waals surface area (Å²) in [5, 5.41) is 14.9. The summed E-state index contributed by atoms with van der Waals surface area (Å²) in [6.45, 7) is 4.19. The highest BCUT2D eigenvalue weighted by molar-refractivity contribution is 5.87. The molecule has 0 aliphatic carbocycles. The van der Waals surface area contributed by atoms with Crippen molar-refractivity contribution in [3.8, 4) is 0 Å². The van der Waals surface area contributed by atoms with E-state index in [4.69, 9.17) is 5.11 Å². The van der Waals surface area contributed by atoms with Crippen LogP contribution in [0.25, 0.3) is 0 Å². The summed E-state index contributed by atoms with van der Waals surface area (Å²) < 4.78 is 0. The number of halogens is 1. The van der Waals surface area contributed by atoms with Crippen molar-refractivity contribution in [1.82, 2.24) is 10.6 Å². The Labute approximate surface area is 130 Å². The van der Waals surface area contributed by atoms with E-state index in [1.165, 1.54) is 5.56 Å². The van der Waals surface area contributed by atoms with Crippen molar-refractivity contribution >= 4 is 24.3 Å². The van der Waals surface area contributed by atoms with Crippen LogP contribution in [0.15, 0.2) is 24.3 Å². The quantitative estimate of drug-likeness (QED) is 0.784. The number of carbonyl (C=O) groups excluding carboxylic acids is 1. The van der Waals surface area contributed by atoms with Crippen molar-refractivity contribution in [3.05, 3.63) is 35.4 Å². The van der Waals surface area contributed by atoms with E-state index < -0.39 is 12.0 Å². The zero-order chi connectivity index (χ0) is 14.7. The molecule has 1 amide bonds. The average Bonchev–Trinajstić information content (AvgIpc) is 2.43. The second-order valence-corrected chi connectivity index (χ2v) is 5.47. The van der Waals surface area contributed by atoms with Gasteiger partial charge in [0.25, 0.3) is 0 Å². The number of nitrogens with one attached hydrogen (secondary N) is 2. The highest BCUT2D eigenvalue weighted by atomic mass is 35.5. The molecule has 0 spiro atoms. The maximum absolute atomic E-state index is 12.2. The fraction of sp³-hybridized carbons (Fsp3) is 0.467. The van der Waals surface area contributed by atoms with Crippen LogP contribution in [0.3, 0.4) is 0 Å². The molecule has 0 bridgehead atoms. The largest absolute Gasteiger partial charge is 0.480 e. The lowest BCUT2D eigenvalue weighted by atomic mass is 9.95. The van der Waals surface area contributed by atoms with Crippen LogP contribution < -0.4 is 10.6 Å². The van der Waals surface area contributed by atoms with E-state index >= 15 is 0 Å². The summed E-state index contributed by atoms with van der Waals surface area (Å²) in [6.07, 6.45) is 0.590. The average molecular weight is 313 g/mol. The van der Waals surface area contributed by atoms with E-state index in [-0.39, 0.29) is 30.3 Å². The van der Waals surface area contributed by atoms with Crippen LogP contribution in [0.5, 0.6) is 0 Å². The smallest absolute Gasteiger partial charge is 0.326 e. The van der Waals surface area contributed by atoms with Crippen molar-refractivity contribution < 1.29 is 14.7 Å². The van der Waals surface area contributed by atoms with Gasteiger partial charge in [-0.25, -0.2) is 4.79 Å². The first-order valence-corrected chi connectivity index (χ1v) is 6.82. The summed E-state index contributed by atoms with van der Waals surface area (Å²) in [4.78, 5) is 23.3. The predicted octanol–water partition coefficient (Wildman–Crippen LogP) is 1.35. The lowest BCUT2D eigenvalue weighted by molar-refractivity contribution is -0.143. The molecule has 2 atom stereocenters. The van der Waals surface area contributed by atoms with Crippen LogP contribution in [0.2, 0.25) is 0 Å². The van der Waals surface area contributed by atoms with E-state index in [0.29, 0.717) is 13.0 Å². The predicted molar refractivity (Wildman–Crippen MR) is 82.4 cm³/mol. The lowest BCUT2D eigenvalue weighted by Gasteiger charge is -2.27. The minimum Gasteiger partial charge on any atom is -0.480 e. The van der Waals surface area contributed by atoms with E-state index in [1.807, 2.05) is 24.3 Å². The molecule has 1 aromatic carbocycles. The van der Waals surface area contributed by atoms with Crippen molar-refractivity contribution in [2.24, 2.45) is 5.92 Å². The van der Waals surface area contributed by atoms with Gasteiger partial charge in [-0.15, -0.1) is 12.4 Å². The summed E-state index contributed by atoms with van der Waals surface area (Å²) in [5.74, 6) is -1.39. The van der Waals surface area contributed by atoms with Crippen LogP contribution in [-0.2, 0) is 22.6 Å². The summed E-state index contributed by atoms with van der Waals surface area (Å²) in [5.41, 5.74) is 2.33. The Bertz CT molecular complexity index is 519. The first-order chi connectivity index (χ1) is 9.49. The number of hydrogen-bond donors (Lipinski definition) is 3. The molecule has 0 fully saturated rings. The van der Waals surface area contributed by atoms with Crippen LogP contribution in [0.4, 0.5) is 0 Å². The van der Waals surface area contributed by atoms with Crippen LogP contribution in [0, 0.1) is 5.92 Å². The summed E-state index contributed by atoms with van der Waals surface area (Å²) in [7, 11) is 0. The third-order valence-corrected chi connectivity index (χ3v) is 3.63. The van der Waals surface area contributed by atoms with Gasteiger partial charge in [-0.1, -0.05) is 38.1 Å². The van der Waals surface area contributed by atoms with Gasteiger partial charge < -0.3 is 15.7 Å². The number of hydrogen-bond acceptors (Lipinski definition) is 3. The third kappa shape index (κ3) is 4.19. The van der Waals surface area contributed by atoms with Crippen molar-refractivity contribution in [2.45, 2.75) is 38.9 Å². The Hall–Kier alpha value is -1.59. The van der Waals surface area contributed by atoms with Crippen LogP contribution in [-0.4, -0.2) is 29.1 Å². The Kier molecular flexibility index (Phi) is 6.18. The van der Waals surface area contributed by atoms with Gasteiger partial charge >= 0.3 is 5.97 Å². The Morgan fingerprint density at radius 1 is 1.29 bits per heavy atom. The number of benzene rings is 1. The number of carboxylic acids is 1. The maximum atomic E-state index is 12.2. The van der Waals surface area contributed by atoms with E-state index in [2.05, 4.69) is 10.6 Å². The molecule has 116 valence electrons. The minimum atomic E-state index is -0.996. The molecule has 1 aliphatic rings. The summed E-state index contributed by atoms with van der Waals surface area (Å²) >= 11 is 0. The van der Waals surface area contributed by atoms with Gasteiger partial charge in [0.1, 0.15) is 6.04 Å². The van der Waals surface area contributed by atoms with E-state index in [0.717, 1.165) is 5.56 Å². The molecule has 0 saturated carbocycles. The van der Waals surface area contributed by atoms with Crippen LogP contribution >= 0.6 is 12.4 Å². The van der Waals surface area contributed by atoms with E-state index in [9.17, 15) is 9.59 Å². The molecule has 6 heteroatoms. The highest BCUT2D eigenvalue weighted by Crippen LogP contribution is 2.16. The molecule has 5 nitrogen and oxygen atoms in total. The zero-order valence-electron chi connectivity index (χ0n) is 12.1. The number of amides is 1. The van der Waals surface area contributed by atoms with Gasteiger partial charge in [0.05, 0.1) is 6.04 Å². The van der Waals surface area contributed by atoms with Gasteiger partial charge in [0.15, 0.2) is 0 Å². The lowest BCUT2D eigenvalue weighted by Crippen LogP contribution is -2.53. The maximum Gasteiger partial charge on any atom is 0.326 e. The normalized spacial score (nSPS) is 18.3. The fourth-order valence-corrected chi connectivity index (χ4v) is 2.41. The Morgan fingerprint density at radius 3 is 2.48 bits per heavy atom. The summed E-state index contributed by atoms with van der Waals surface area (Å²) in [6, 6.07) is 6.75. The molecule has 21 heavy (non-hydrogen) atoms. The Morgan fingerprint density at radius 2 is 1.90 bits per heavy atom. The second kappa shape index (κ2) is 7.43. The number of carbonyl (C=O) groups is 2. The van der Waals surface area contributed by atoms with Crippen LogP contribution in [0.1, 0.15) is 25.0 Å². The van der Waals surface area contributed by atoms with E-state index in [1.54, 1.807) is 13.8 Å². The third-order valence-electron chi connectivity index (χ3n) is 3.63. The van der Waals surface area contributed by atoms with Gasteiger partial charge in [0, 0.05) is 6.54 Å². The molecule has 1 aliphatic heterocycles. The van der Waals surface area contributed by atoms with Crippen molar-refractivity contribution in [1.29, 1.82) is 0 Å². The Balaban J connectivity index is 0.00000220. The van der Waals surface area contributed by atoms with Crippen molar-refractivity contribution in [3.63, 3.8) is 0 Å².